The summed E-state index contributed by atoms with van der Waals surface area (Å²) in [5.41, 5.74) is 2.26. The summed E-state index contributed by atoms with van der Waals surface area (Å²) in [6, 6.07) is 14.0. The molecule has 2 aliphatic heterocycles. The lowest BCUT2D eigenvalue weighted by Crippen LogP contribution is -2.48. The average Bonchev–Trinajstić information content (AvgIpc) is 3.69. The Morgan fingerprint density at radius 3 is 2.21 bits per heavy atom. The van der Waals surface area contributed by atoms with Gasteiger partial charge in [-0.25, -0.2) is 18.5 Å². The fraction of sp³-hybridized carbons (Fsp3) is 0.438. The molecule has 2 fully saturated rings. The van der Waals surface area contributed by atoms with E-state index in [1.807, 2.05) is 31.9 Å². The summed E-state index contributed by atoms with van der Waals surface area (Å²) in [5, 5.41) is 4.54. The lowest BCUT2D eigenvalue weighted by molar-refractivity contribution is -0.131. The first kappa shape index (κ1) is 31.8. The number of nitrogens with zero attached hydrogens (tertiary/aromatic N) is 6. The van der Waals surface area contributed by atoms with Crippen LogP contribution in [0.5, 0.6) is 5.88 Å². The van der Waals surface area contributed by atoms with Crippen LogP contribution < -0.4 is 9.64 Å². The highest BCUT2D eigenvalue weighted by Gasteiger charge is 2.23. The Hall–Kier alpha value is -4.12. The zero-order chi connectivity index (χ0) is 30.8. The van der Waals surface area contributed by atoms with Gasteiger partial charge in [0.15, 0.2) is 11.7 Å². The number of hydrogen-bond donors (Lipinski definition) is 0. The van der Waals surface area contributed by atoms with E-state index in [2.05, 4.69) is 20.0 Å². The van der Waals surface area contributed by atoms with Crippen LogP contribution in [-0.2, 0) is 16.6 Å². The molecule has 1 amide bonds. The molecule has 0 spiro atoms. The third-order valence-corrected chi connectivity index (χ3v) is 7.37. The standard InChI is InChI=1S/C16H14F2N2.C16H26N4O3/c1-11(12-3-7-14(17)8-4-12)20-16(19-2)13-5-9-15(18)10-6-13;1-3-15(21)20-8-6-19(7-9-20)14-11-16(18(2)17-14)23-12-13-5-4-10-22-13/h3-10H,1-2H3;11,13H,3-10,12H2,1-2H3/t;13-/m.1/s1. The Morgan fingerprint density at radius 2 is 1.65 bits per heavy atom. The first-order valence-corrected chi connectivity index (χ1v) is 14.6. The fourth-order valence-electron chi connectivity index (χ4n) is 4.85. The molecule has 9 nitrogen and oxygen atoms in total. The molecule has 0 radical (unpaired) electrons. The van der Waals surface area contributed by atoms with Gasteiger partial charge in [-0.1, -0.05) is 19.1 Å². The van der Waals surface area contributed by atoms with E-state index in [-0.39, 0.29) is 23.6 Å². The molecule has 1 aromatic heterocycles. The summed E-state index contributed by atoms with van der Waals surface area (Å²) in [7, 11) is 3.52. The smallest absolute Gasteiger partial charge is 0.222 e. The van der Waals surface area contributed by atoms with Crippen LogP contribution in [0.25, 0.3) is 0 Å². The number of piperazine rings is 1. The van der Waals surface area contributed by atoms with Gasteiger partial charge in [0, 0.05) is 70.6 Å². The van der Waals surface area contributed by atoms with Crippen molar-refractivity contribution in [1.29, 1.82) is 0 Å². The third-order valence-electron chi connectivity index (χ3n) is 7.37. The Bertz CT molecular complexity index is 1390. The molecule has 11 heteroatoms. The molecule has 1 atom stereocenters. The van der Waals surface area contributed by atoms with Crippen molar-refractivity contribution >= 4 is 23.3 Å². The van der Waals surface area contributed by atoms with Gasteiger partial charge in [0.1, 0.15) is 18.2 Å². The molecule has 0 bridgehead atoms. The second kappa shape index (κ2) is 15.4. The van der Waals surface area contributed by atoms with Gasteiger partial charge in [0.2, 0.25) is 11.8 Å². The normalized spacial score (nSPS) is 17.5. The maximum atomic E-state index is 12.9. The molecule has 0 aliphatic carbocycles. The number of aromatic nitrogens is 2. The number of aryl methyl sites for hydroxylation is 1. The van der Waals surface area contributed by atoms with Crippen LogP contribution in [0.2, 0.25) is 0 Å². The van der Waals surface area contributed by atoms with Crippen molar-refractivity contribution in [3.63, 3.8) is 0 Å². The average molecular weight is 595 g/mol. The summed E-state index contributed by atoms with van der Waals surface area (Å²) in [6.45, 7) is 8.29. The number of anilines is 1. The van der Waals surface area contributed by atoms with Crippen LogP contribution in [0.3, 0.4) is 0 Å². The number of aliphatic imine (C=N–C) groups is 2. The molecular weight excluding hydrogens is 554 g/mol. The van der Waals surface area contributed by atoms with Crippen LogP contribution in [-0.4, -0.2) is 84.7 Å². The van der Waals surface area contributed by atoms with Crippen molar-refractivity contribution in [2.75, 3.05) is 51.3 Å². The minimum atomic E-state index is -0.302. The zero-order valence-electron chi connectivity index (χ0n) is 25.3. The first-order chi connectivity index (χ1) is 20.8. The van der Waals surface area contributed by atoms with Crippen molar-refractivity contribution < 1.29 is 23.0 Å². The van der Waals surface area contributed by atoms with Gasteiger partial charge in [0.25, 0.3) is 0 Å². The SMILES string of the molecule is CCC(=O)N1CCN(c2cc(OC[C@H]3CCCO3)n(C)n2)CC1.CN=C(N=C(C)c1ccc(F)cc1)c1ccc(F)cc1. The van der Waals surface area contributed by atoms with Crippen molar-refractivity contribution in [2.45, 2.75) is 39.2 Å². The van der Waals surface area contributed by atoms with Crippen LogP contribution in [0.1, 0.15) is 44.2 Å². The number of hydrogen-bond acceptors (Lipinski definition) is 6. The Balaban J connectivity index is 0.000000199. The van der Waals surface area contributed by atoms with Crippen molar-refractivity contribution in [2.24, 2.45) is 17.0 Å². The van der Waals surface area contributed by atoms with Crippen molar-refractivity contribution in [1.82, 2.24) is 14.7 Å². The van der Waals surface area contributed by atoms with Gasteiger partial charge in [0.05, 0.1) is 6.10 Å². The first-order valence-electron chi connectivity index (χ1n) is 14.6. The number of ether oxygens (including phenoxy) is 2. The highest BCUT2D eigenvalue weighted by molar-refractivity contribution is 6.11. The Kier molecular flexibility index (Phi) is 11.4. The summed E-state index contributed by atoms with van der Waals surface area (Å²) < 4.78 is 39.0. The molecule has 0 unspecified atom stereocenters. The molecule has 2 aromatic carbocycles. The van der Waals surface area contributed by atoms with E-state index in [4.69, 9.17) is 9.47 Å². The van der Waals surface area contributed by atoms with E-state index >= 15 is 0 Å². The van der Waals surface area contributed by atoms with Crippen molar-refractivity contribution in [3.8, 4) is 5.88 Å². The number of amidine groups is 1. The Labute approximate surface area is 251 Å². The predicted octanol–water partition coefficient (Wildman–Crippen LogP) is 4.89. The van der Waals surface area contributed by atoms with E-state index in [0.29, 0.717) is 18.9 Å². The molecule has 0 N–H and O–H groups in total. The van der Waals surface area contributed by atoms with Crippen LogP contribution in [0.4, 0.5) is 14.6 Å². The van der Waals surface area contributed by atoms with Gasteiger partial charge < -0.3 is 19.3 Å². The number of rotatable bonds is 7. The molecule has 3 heterocycles. The quantitative estimate of drug-likeness (QED) is 0.288. The number of benzene rings is 2. The van der Waals surface area contributed by atoms with Gasteiger partial charge in [-0.2, -0.15) is 5.10 Å². The van der Waals surface area contributed by atoms with Gasteiger partial charge in [-0.15, -0.1) is 0 Å². The molecule has 0 saturated carbocycles. The van der Waals surface area contributed by atoms with Gasteiger partial charge in [-0.05, 0) is 61.7 Å². The number of carbonyl (C=O) groups is 1. The van der Waals surface area contributed by atoms with Crippen LogP contribution >= 0.6 is 0 Å². The van der Waals surface area contributed by atoms with E-state index in [1.165, 1.54) is 24.3 Å². The summed E-state index contributed by atoms with van der Waals surface area (Å²) in [4.78, 5) is 24.4. The van der Waals surface area contributed by atoms with Crippen molar-refractivity contribution in [3.05, 3.63) is 77.4 Å². The monoisotopic (exact) mass is 594 g/mol. The number of amides is 1. The second-order valence-corrected chi connectivity index (χ2v) is 10.4. The molecule has 3 aromatic rings. The van der Waals surface area contributed by atoms with Crippen LogP contribution in [0.15, 0.2) is 64.6 Å². The highest BCUT2D eigenvalue weighted by atomic mass is 19.1. The van der Waals surface area contributed by atoms with Crippen LogP contribution in [0, 0.1) is 11.6 Å². The molecule has 5 rings (SSSR count). The zero-order valence-corrected chi connectivity index (χ0v) is 25.3. The van der Waals surface area contributed by atoms with E-state index in [1.54, 1.807) is 36.0 Å². The number of halogens is 2. The maximum absolute atomic E-state index is 12.9. The van der Waals surface area contributed by atoms with Gasteiger partial charge in [-0.3, -0.25) is 9.79 Å². The molecule has 2 aliphatic rings. The van der Waals surface area contributed by atoms with E-state index in [9.17, 15) is 13.6 Å². The minimum Gasteiger partial charge on any atom is -0.475 e. The second-order valence-electron chi connectivity index (χ2n) is 10.4. The Morgan fingerprint density at radius 1 is 1.02 bits per heavy atom. The summed E-state index contributed by atoms with van der Waals surface area (Å²) in [5.74, 6) is 1.83. The summed E-state index contributed by atoms with van der Waals surface area (Å²) >= 11 is 0. The largest absolute Gasteiger partial charge is 0.475 e. The number of carbonyl (C=O) groups excluding carboxylic acids is 1. The predicted molar refractivity (Wildman–Crippen MR) is 164 cm³/mol. The van der Waals surface area contributed by atoms with E-state index in [0.717, 1.165) is 74.2 Å². The summed E-state index contributed by atoms with van der Waals surface area (Å²) in [6.07, 6.45) is 2.96. The molecule has 2 saturated heterocycles. The minimum absolute atomic E-state index is 0.206. The topological polar surface area (TPSA) is 84.5 Å². The third kappa shape index (κ3) is 8.93. The highest BCUT2D eigenvalue weighted by Crippen LogP contribution is 2.22. The molecular formula is C32H40F2N6O3. The van der Waals surface area contributed by atoms with Gasteiger partial charge >= 0.3 is 0 Å². The maximum Gasteiger partial charge on any atom is 0.222 e. The molecule has 43 heavy (non-hydrogen) atoms. The molecule has 230 valence electrons. The lowest BCUT2D eigenvalue weighted by Gasteiger charge is -2.34. The van der Waals surface area contributed by atoms with E-state index < -0.39 is 0 Å². The lowest BCUT2D eigenvalue weighted by atomic mass is 10.1. The fourth-order valence-corrected chi connectivity index (χ4v) is 4.85.